The summed E-state index contributed by atoms with van der Waals surface area (Å²) >= 11 is 8.33. The van der Waals surface area contributed by atoms with E-state index in [1.54, 1.807) is 0 Å². The average Bonchev–Trinajstić information content (AvgIpc) is 3.14. The Bertz CT molecular complexity index is 1170. The molecule has 6 heteroatoms. The number of imidazole rings is 1. The van der Waals surface area contributed by atoms with Crippen LogP contribution in [0, 0.1) is 6.92 Å². The molecule has 1 aliphatic heterocycles. The molecule has 4 nitrogen and oxygen atoms in total. The molecule has 2 aromatic carbocycles. The lowest BCUT2D eigenvalue weighted by Gasteiger charge is -2.23. The Balaban J connectivity index is 1.70. The first-order chi connectivity index (χ1) is 14.2. The first-order valence-corrected chi connectivity index (χ1v) is 11.5. The predicted octanol–water partition coefficient (Wildman–Crippen LogP) is 5.31. The summed E-state index contributed by atoms with van der Waals surface area (Å²) in [6.07, 6.45) is 1.11. The zero-order valence-corrected chi connectivity index (χ0v) is 17.9. The second kappa shape index (κ2) is 7.98. The SMILES string of the molecule is Cc1nc2cc(Cl)ccc2c2c1nc(-c1ccccc1)n2CCC1CNCCS1. The highest BCUT2D eigenvalue weighted by atomic mass is 35.5. The Kier molecular flexibility index (Phi) is 5.20. The maximum absolute atomic E-state index is 6.25. The zero-order valence-electron chi connectivity index (χ0n) is 16.4. The summed E-state index contributed by atoms with van der Waals surface area (Å²) < 4.78 is 2.39. The molecule has 0 amide bonds. The van der Waals surface area contributed by atoms with Crippen molar-refractivity contribution in [2.24, 2.45) is 0 Å². The number of rotatable bonds is 4. The number of benzene rings is 2. The number of halogens is 1. The number of thioether (sulfide) groups is 1. The van der Waals surface area contributed by atoms with Crippen LogP contribution in [0.1, 0.15) is 12.1 Å². The van der Waals surface area contributed by atoms with E-state index in [0.29, 0.717) is 10.3 Å². The molecule has 1 unspecified atom stereocenters. The van der Waals surface area contributed by atoms with Gasteiger partial charge in [-0.05, 0) is 31.5 Å². The van der Waals surface area contributed by atoms with E-state index in [0.717, 1.165) is 65.1 Å². The van der Waals surface area contributed by atoms with Crippen LogP contribution in [-0.2, 0) is 6.54 Å². The Morgan fingerprint density at radius 2 is 2.03 bits per heavy atom. The Hall–Kier alpha value is -2.08. The minimum absolute atomic E-state index is 0.633. The van der Waals surface area contributed by atoms with Gasteiger partial charge in [0.15, 0.2) is 0 Å². The number of nitrogens with one attached hydrogen (secondary N) is 1. The fraction of sp³-hybridized carbons (Fsp3) is 0.304. The molecule has 0 bridgehead atoms. The maximum atomic E-state index is 6.25. The fourth-order valence-electron chi connectivity index (χ4n) is 4.11. The van der Waals surface area contributed by atoms with Crippen molar-refractivity contribution in [2.45, 2.75) is 25.1 Å². The first-order valence-electron chi connectivity index (χ1n) is 10.0. The standard InChI is InChI=1S/C23H23ClN4S/c1-15-21-22(19-8-7-17(24)13-20(19)26-15)28(11-9-18-14-25-10-12-29-18)23(27-21)16-5-3-2-4-6-16/h2-8,13,18,25H,9-12,14H2,1H3. The van der Waals surface area contributed by atoms with Crippen LogP contribution in [0.15, 0.2) is 48.5 Å². The van der Waals surface area contributed by atoms with Gasteiger partial charge in [0.2, 0.25) is 0 Å². The second-order valence-corrected chi connectivity index (χ2v) is 9.34. The van der Waals surface area contributed by atoms with Crippen LogP contribution in [0.4, 0.5) is 0 Å². The summed E-state index contributed by atoms with van der Waals surface area (Å²) in [6.45, 7) is 5.16. The summed E-state index contributed by atoms with van der Waals surface area (Å²) in [7, 11) is 0. The molecule has 1 atom stereocenters. The van der Waals surface area contributed by atoms with Crippen molar-refractivity contribution in [3.8, 4) is 11.4 Å². The number of nitrogens with zero attached hydrogens (tertiary/aromatic N) is 3. The maximum Gasteiger partial charge on any atom is 0.141 e. The van der Waals surface area contributed by atoms with Crippen LogP contribution in [0.5, 0.6) is 0 Å². The summed E-state index contributed by atoms with van der Waals surface area (Å²) in [5.41, 5.74) is 5.15. The molecule has 148 valence electrons. The van der Waals surface area contributed by atoms with Gasteiger partial charge in [-0.3, -0.25) is 4.98 Å². The van der Waals surface area contributed by atoms with Gasteiger partial charge in [0.1, 0.15) is 11.3 Å². The van der Waals surface area contributed by atoms with Crippen molar-refractivity contribution >= 4 is 45.3 Å². The smallest absolute Gasteiger partial charge is 0.141 e. The molecule has 5 rings (SSSR count). The third kappa shape index (κ3) is 3.63. The highest BCUT2D eigenvalue weighted by Crippen LogP contribution is 2.33. The van der Waals surface area contributed by atoms with Gasteiger partial charge in [-0.25, -0.2) is 4.98 Å². The van der Waals surface area contributed by atoms with Gasteiger partial charge >= 0.3 is 0 Å². The van der Waals surface area contributed by atoms with Gasteiger partial charge < -0.3 is 9.88 Å². The van der Waals surface area contributed by atoms with Crippen LogP contribution in [0.25, 0.3) is 33.3 Å². The van der Waals surface area contributed by atoms with Gasteiger partial charge in [-0.1, -0.05) is 41.9 Å². The van der Waals surface area contributed by atoms with Gasteiger partial charge in [0.25, 0.3) is 0 Å². The normalized spacial score (nSPS) is 17.2. The summed E-state index contributed by atoms with van der Waals surface area (Å²) in [5, 5.41) is 5.98. The molecule has 3 heterocycles. The molecule has 2 aromatic heterocycles. The third-order valence-electron chi connectivity index (χ3n) is 5.52. The Morgan fingerprint density at radius 3 is 2.83 bits per heavy atom. The number of pyridine rings is 1. The third-order valence-corrected chi connectivity index (χ3v) is 7.07. The molecule has 1 fully saturated rings. The molecule has 29 heavy (non-hydrogen) atoms. The van der Waals surface area contributed by atoms with Crippen LogP contribution < -0.4 is 5.32 Å². The molecule has 0 spiro atoms. The van der Waals surface area contributed by atoms with E-state index in [1.165, 1.54) is 5.75 Å². The highest BCUT2D eigenvalue weighted by Gasteiger charge is 2.20. The number of fused-ring (bicyclic) bond motifs is 3. The topological polar surface area (TPSA) is 42.7 Å². The van der Waals surface area contributed by atoms with E-state index >= 15 is 0 Å². The minimum atomic E-state index is 0.633. The van der Waals surface area contributed by atoms with Gasteiger partial charge in [-0.2, -0.15) is 11.8 Å². The van der Waals surface area contributed by atoms with Gasteiger partial charge in [0, 0.05) is 46.6 Å². The van der Waals surface area contributed by atoms with Crippen molar-refractivity contribution in [2.75, 3.05) is 18.8 Å². The van der Waals surface area contributed by atoms with E-state index in [1.807, 2.05) is 25.1 Å². The molecule has 1 aliphatic rings. The molecule has 1 saturated heterocycles. The lowest BCUT2D eigenvalue weighted by atomic mass is 10.1. The van der Waals surface area contributed by atoms with Crippen LogP contribution >= 0.6 is 23.4 Å². The summed E-state index contributed by atoms with van der Waals surface area (Å²) in [4.78, 5) is 9.85. The van der Waals surface area contributed by atoms with Crippen molar-refractivity contribution in [3.05, 3.63) is 59.2 Å². The predicted molar refractivity (Wildman–Crippen MR) is 124 cm³/mol. The quantitative estimate of drug-likeness (QED) is 0.484. The average molecular weight is 423 g/mol. The lowest BCUT2D eigenvalue weighted by Crippen LogP contribution is -2.33. The summed E-state index contributed by atoms with van der Waals surface area (Å²) in [6, 6.07) is 16.4. The second-order valence-electron chi connectivity index (χ2n) is 7.49. The monoisotopic (exact) mass is 422 g/mol. The van der Waals surface area contributed by atoms with Crippen molar-refractivity contribution in [1.29, 1.82) is 0 Å². The molecular weight excluding hydrogens is 400 g/mol. The number of hydrogen-bond donors (Lipinski definition) is 1. The van der Waals surface area contributed by atoms with E-state index < -0.39 is 0 Å². The number of aryl methyl sites for hydroxylation is 2. The largest absolute Gasteiger partial charge is 0.323 e. The fourth-order valence-corrected chi connectivity index (χ4v) is 5.38. The molecule has 0 aliphatic carbocycles. The van der Waals surface area contributed by atoms with Gasteiger partial charge in [0.05, 0.1) is 16.7 Å². The van der Waals surface area contributed by atoms with E-state index in [4.69, 9.17) is 21.6 Å². The molecule has 0 radical (unpaired) electrons. The Labute approximate surface area is 179 Å². The Morgan fingerprint density at radius 1 is 1.17 bits per heavy atom. The van der Waals surface area contributed by atoms with Crippen LogP contribution in [0.2, 0.25) is 5.02 Å². The van der Waals surface area contributed by atoms with Crippen LogP contribution in [0.3, 0.4) is 0 Å². The zero-order chi connectivity index (χ0) is 19.8. The van der Waals surface area contributed by atoms with Crippen molar-refractivity contribution in [1.82, 2.24) is 19.9 Å². The highest BCUT2D eigenvalue weighted by molar-refractivity contribution is 8.00. The molecule has 1 N–H and O–H groups in total. The van der Waals surface area contributed by atoms with Gasteiger partial charge in [-0.15, -0.1) is 0 Å². The van der Waals surface area contributed by atoms with Crippen molar-refractivity contribution in [3.63, 3.8) is 0 Å². The number of aromatic nitrogens is 3. The molecular formula is C23H23ClN4S. The van der Waals surface area contributed by atoms with Crippen molar-refractivity contribution < 1.29 is 0 Å². The lowest BCUT2D eigenvalue weighted by molar-refractivity contribution is 0.588. The van der Waals surface area contributed by atoms with E-state index in [9.17, 15) is 0 Å². The summed E-state index contributed by atoms with van der Waals surface area (Å²) in [5.74, 6) is 2.20. The molecule has 4 aromatic rings. The minimum Gasteiger partial charge on any atom is -0.323 e. The number of hydrogen-bond acceptors (Lipinski definition) is 4. The molecule has 0 saturated carbocycles. The van der Waals surface area contributed by atoms with E-state index in [-0.39, 0.29) is 0 Å². The van der Waals surface area contributed by atoms with E-state index in [2.05, 4.69) is 52.0 Å². The van der Waals surface area contributed by atoms with Crippen LogP contribution in [-0.4, -0.2) is 38.6 Å². The first kappa shape index (κ1) is 18.9.